The van der Waals surface area contributed by atoms with Crippen LogP contribution in [0.4, 0.5) is 0 Å². The molecule has 0 aromatic heterocycles. The molecule has 2 atom stereocenters. The van der Waals surface area contributed by atoms with E-state index in [1.165, 1.54) is 0 Å². The molecule has 1 aliphatic heterocycles. The normalized spacial score (nSPS) is 30.4. The summed E-state index contributed by atoms with van der Waals surface area (Å²) in [6.45, 7) is 2.56. The van der Waals surface area contributed by atoms with Gasteiger partial charge in [0.05, 0.1) is 18.6 Å². The molecule has 0 bridgehead atoms. The molecule has 0 aromatic rings. The van der Waals surface area contributed by atoms with Crippen LogP contribution in [0.15, 0.2) is 0 Å². The maximum absolute atomic E-state index is 11.0. The molecule has 1 rings (SSSR count). The number of nitrogens with one attached hydrogen (secondary N) is 1. The molecular weight excluding hydrogens is 144 g/mol. The van der Waals surface area contributed by atoms with Gasteiger partial charge in [-0.2, -0.15) is 0 Å². The minimum atomic E-state index is -0.110. The monoisotopic (exact) mass is 158 g/mol. The number of amides is 1. The number of ether oxygens (including phenoxy) is 1. The standard InChI is InChI=1S/C7H14N2O2/c1-2-6-3-5(4-11-6)7(10)9-8/h5-6H,2-4,8H2,1H3,(H,9,10). The fraction of sp³-hybridized carbons (Fsp3) is 0.857. The van der Waals surface area contributed by atoms with Gasteiger partial charge in [0.2, 0.25) is 5.91 Å². The van der Waals surface area contributed by atoms with Gasteiger partial charge in [-0.25, -0.2) is 5.84 Å². The lowest BCUT2D eigenvalue weighted by molar-refractivity contribution is -0.125. The van der Waals surface area contributed by atoms with Crippen LogP contribution in [0.25, 0.3) is 0 Å². The third-order valence-electron chi connectivity index (χ3n) is 2.05. The van der Waals surface area contributed by atoms with Crippen molar-refractivity contribution in [2.75, 3.05) is 6.61 Å². The highest BCUT2D eigenvalue weighted by molar-refractivity contribution is 5.78. The lowest BCUT2D eigenvalue weighted by atomic mass is 10.0. The summed E-state index contributed by atoms with van der Waals surface area (Å²) in [4.78, 5) is 11.0. The van der Waals surface area contributed by atoms with E-state index >= 15 is 0 Å². The van der Waals surface area contributed by atoms with Crippen molar-refractivity contribution in [1.82, 2.24) is 5.43 Å². The molecule has 0 radical (unpaired) electrons. The Morgan fingerprint density at radius 2 is 2.55 bits per heavy atom. The van der Waals surface area contributed by atoms with Crippen molar-refractivity contribution in [3.8, 4) is 0 Å². The molecule has 3 N–H and O–H groups in total. The zero-order valence-electron chi connectivity index (χ0n) is 6.67. The summed E-state index contributed by atoms with van der Waals surface area (Å²) in [5.41, 5.74) is 2.13. The van der Waals surface area contributed by atoms with Gasteiger partial charge in [-0.3, -0.25) is 10.2 Å². The number of rotatable bonds is 2. The van der Waals surface area contributed by atoms with E-state index in [1.807, 2.05) is 6.92 Å². The number of carbonyl (C=O) groups is 1. The molecule has 0 aromatic carbocycles. The van der Waals surface area contributed by atoms with Crippen molar-refractivity contribution in [1.29, 1.82) is 0 Å². The third-order valence-corrected chi connectivity index (χ3v) is 2.05. The molecule has 4 nitrogen and oxygen atoms in total. The third kappa shape index (κ3) is 1.91. The Balaban J connectivity index is 2.35. The van der Waals surface area contributed by atoms with Gasteiger partial charge >= 0.3 is 0 Å². The largest absolute Gasteiger partial charge is 0.377 e. The molecule has 64 valence electrons. The first kappa shape index (κ1) is 8.49. The molecule has 1 aliphatic rings. The number of carbonyl (C=O) groups excluding carboxylic acids is 1. The Labute approximate surface area is 66.1 Å². The molecular formula is C7H14N2O2. The summed E-state index contributed by atoms with van der Waals surface area (Å²) in [7, 11) is 0. The Bertz CT molecular complexity index is 149. The molecule has 1 heterocycles. The van der Waals surface area contributed by atoms with Crippen LogP contribution >= 0.6 is 0 Å². The Morgan fingerprint density at radius 1 is 1.82 bits per heavy atom. The van der Waals surface area contributed by atoms with E-state index in [0.29, 0.717) is 6.61 Å². The minimum absolute atomic E-state index is 0.0371. The van der Waals surface area contributed by atoms with Crippen molar-refractivity contribution in [2.45, 2.75) is 25.9 Å². The van der Waals surface area contributed by atoms with E-state index in [4.69, 9.17) is 10.6 Å². The van der Waals surface area contributed by atoms with Crippen LogP contribution < -0.4 is 11.3 Å². The quantitative estimate of drug-likeness (QED) is 0.332. The van der Waals surface area contributed by atoms with Gasteiger partial charge in [0.15, 0.2) is 0 Å². The van der Waals surface area contributed by atoms with E-state index in [-0.39, 0.29) is 17.9 Å². The summed E-state index contributed by atoms with van der Waals surface area (Å²) in [6, 6.07) is 0. The molecule has 0 spiro atoms. The van der Waals surface area contributed by atoms with Crippen molar-refractivity contribution in [2.24, 2.45) is 11.8 Å². The highest BCUT2D eigenvalue weighted by Gasteiger charge is 2.28. The van der Waals surface area contributed by atoms with Gasteiger partial charge in [-0.15, -0.1) is 0 Å². The van der Waals surface area contributed by atoms with Crippen molar-refractivity contribution >= 4 is 5.91 Å². The smallest absolute Gasteiger partial charge is 0.239 e. The first-order valence-electron chi connectivity index (χ1n) is 3.90. The van der Waals surface area contributed by atoms with Crippen LogP contribution in [-0.4, -0.2) is 18.6 Å². The molecule has 0 saturated carbocycles. The van der Waals surface area contributed by atoms with Crippen molar-refractivity contribution in [3.05, 3.63) is 0 Å². The molecule has 4 heteroatoms. The van der Waals surface area contributed by atoms with E-state index in [2.05, 4.69) is 5.43 Å². The first-order valence-corrected chi connectivity index (χ1v) is 3.90. The molecule has 11 heavy (non-hydrogen) atoms. The van der Waals surface area contributed by atoms with E-state index < -0.39 is 0 Å². The van der Waals surface area contributed by atoms with Crippen LogP contribution in [0.3, 0.4) is 0 Å². The number of hydrogen-bond donors (Lipinski definition) is 2. The SMILES string of the molecule is CCC1CC(C(=O)NN)CO1. The van der Waals surface area contributed by atoms with Gasteiger partial charge in [0.1, 0.15) is 0 Å². The molecule has 2 unspecified atom stereocenters. The Kier molecular flexibility index (Phi) is 2.84. The van der Waals surface area contributed by atoms with Gasteiger partial charge in [-0.1, -0.05) is 6.92 Å². The van der Waals surface area contributed by atoms with Gasteiger partial charge in [-0.05, 0) is 12.8 Å². The second kappa shape index (κ2) is 3.69. The topological polar surface area (TPSA) is 64.4 Å². The summed E-state index contributed by atoms with van der Waals surface area (Å²) in [5.74, 6) is 4.84. The Morgan fingerprint density at radius 3 is 3.00 bits per heavy atom. The van der Waals surface area contributed by atoms with Crippen LogP contribution in [0.2, 0.25) is 0 Å². The van der Waals surface area contributed by atoms with Crippen molar-refractivity contribution < 1.29 is 9.53 Å². The summed E-state index contributed by atoms with van der Waals surface area (Å²) >= 11 is 0. The van der Waals surface area contributed by atoms with Crippen LogP contribution in [-0.2, 0) is 9.53 Å². The zero-order valence-corrected chi connectivity index (χ0v) is 6.67. The predicted octanol–water partition coefficient (Wildman–Crippen LogP) is -0.209. The molecule has 0 aliphatic carbocycles. The average molecular weight is 158 g/mol. The molecule has 1 saturated heterocycles. The summed E-state index contributed by atoms with van der Waals surface area (Å²) in [5, 5.41) is 0. The fourth-order valence-corrected chi connectivity index (χ4v) is 1.29. The summed E-state index contributed by atoms with van der Waals surface area (Å²) < 4.78 is 5.32. The summed E-state index contributed by atoms with van der Waals surface area (Å²) in [6.07, 6.45) is 2.02. The maximum Gasteiger partial charge on any atom is 0.239 e. The predicted molar refractivity (Wildman–Crippen MR) is 40.5 cm³/mol. The number of hydrazine groups is 1. The first-order chi connectivity index (χ1) is 5.27. The van der Waals surface area contributed by atoms with Crippen LogP contribution in [0.1, 0.15) is 19.8 Å². The highest BCUT2D eigenvalue weighted by Crippen LogP contribution is 2.21. The molecule has 1 amide bonds. The number of hydrogen-bond acceptors (Lipinski definition) is 3. The lowest BCUT2D eigenvalue weighted by Crippen LogP contribution is -2.36. The van der Waals surface area contributed by atoms with Crippen LogP contribution in [0, 0.1) is 5.92 Å². The van der Waals surface area contributed by atoms with Gasteiger partial charge in [0.25, 0.3) is 0 Å². The minimum Gasteiger partial charge on any atom is -0.377 e. The van der Waals surface area contributed by atoms with Crippen molar-refractivity contribution in [3.63, 3.8) is 0 Å². The second-order valence-corrected chi connectivity index (χ2v) is 2.80. The maximum atomic E-state index is 11.0. The fourth-order valence-electron chi connectivity index (χ4n) is 1.29. The van der Waals surface area contributed by atoms with E-state index in [9.17, 15) is 4.79 Å². The van der Waals surface area contributed by atoms with E-state index in [1.54, 1.807) is 0 Å². The molecule has 1 fully saturated rings. The Hall–Kier alpha value is -0.610. The van der Waals surface area contributed by atoms with Crippen LogP contribution in [0.5, 0.6) is 0 Å². The van der Waals surface area contributed by atoms with Gasteiger partial charge in [0, 0.05) is 0 Å². The second-order valence-electron chi connectivity index (χ2n) is 2.80. The van der Waals surface area contributed by atoms with Gasteiger partial charge < -0.3 is 4.74 Å². The highest BCUT2D eigenvalue weighted by atomic mass is 16.5. The lowest BCUT2D eigenvalue weighted by Gasteiger charge is -2.04. The zero-order chi connectivity index (χ0) is 8.27. The number of nitrogens with two attached hydrogens (primary N) is 1. The van der Waals surface area contributed by atoms with E-state index in [0.717, 1.165) is 12.8 Å². The average Bonchev–Trinajstić information content (AvgIpc) is 2.50.